The predicted molar refractivity (Wildman–Crippen MR) is 73.0 cm³/mol. The summed E-state index contributed by atoms with van der Waals surface area (Å²) in [5.74, 6) is 0.895. The monoisotopic (exact) mass is 249 g/mol. The minimum Gasteiger partial charge on any atom is -0.497 e. The standard InChI is InChI=1S/C15H23NO2/c1-11(2)16-15(10-17)8-4-5-12-9-13(18-3)6-7-14(12)15/h6-7,9,11,16-17H,4-5,8,10H2,1-3H3. The summed E-state index contributed by atoms with van der Waals surface area (Å²) < 4.78 is 5.28. The van der Waals surface area contributed by atoms with E-state index in [1.165, 1.54) is 11.1 Å². The fourth-order valence-electron chi connectivity index (χ4n) is 3.00. The average Bonchev–Trinajstić information content (AvgIpc) is 2.37. The van der Waals surface area contributed by atoms with Gasteiger partial charge in [0.2, 0.25) is 0 Å². The van der Waals surface area contributed by atoms with Crippen molar-refractivity contribution in [1.82, 2.24) is 5.32 Å². The first-order valence-electron chi connectivity index (χ1n) is 6.67. The van der Waals surface area contributed by atoms with Gasteiger partial charge in [-0.2, -0.15) is 0 Å². The second-order valence-corrected chi connectivity index (χ2v) is 5.42. The number of fused-ring (bicyclic) bond motifs is 1. The first-order valence-corrected chi connectivity index (χ1v) is 6.67. The van der Waals surface area contributed by atoms with Gasteiger partial charge in [-0.15, -0.1) is 0 Å². The van der Waals surface area contributed by atoms with Crippen molar-refractivity contribution in [3.63, 3.8) is 0 Å². The van der Waals surface area contributed by atoms with E-state index in [1.54, 1.807) is 7.11 Å². The topological polar surface area (TPSA) is 41.5 Å². The Bertz CT molecular complexity index is 417. The molecular weight excluding hydrogens is 226 g/mol. The number of hydrogen-bond acceptors (Lipinski definition) is 3. The van der Waals surface area contributed by atoms with Gasteiger partial charge in [-0.25, -0.2) is 0 Å². The van der Waals surface area contributed by atoms with Gasteiger partial charge >= 0.3 is 0 Å². The molecule has 0 fully saturated rings. The number of rotatable bonds is 4. The third-order valence-electron chi connectivity index (χ3n) is 3.71. The molecule has 0 radical (unpaired) electrons. The highest BCUT2D eigenvalue weighted by molar-refractivity contribution is 5.42. The Morgan fingerprint density at radius 3 is 2.83 bits per heavy atom. The van der Waals surface area contributed by atoms with Crippen molar-refractivity contribution in [2.24, 2.45) is 0 Å². The van der Waals surface area contributed by atoms with Crippen LogP contribution in [-0.2, 0) is 12.0 Å². The van der Waals surface area contributed by atoms with E-state index in [0.717, 1.165) is 25.0 Å². The molecule has 1 aliphatic carbocycles. The van der Waals surface area contributed by atoms with Gasteiger partial charge in [-0.1, -0.05) is 6.07 Å². The molecule has 0 aliphatic heterocycles. The van der Waals surface area contributed by atoms with Crippen LogP contribution in [0.15, 0.2) is 18.2 Å². The van der Waals surface area contributed by atoms with Crippen LogP contribution in [0.3, 0.4) is 0 Å². The fraction of sp³-hybridized carbons (Fsp3) is 0.600. The molecule has 0 bridgehead atoms. The Morgan fingerprint density at radius 2 is 2.22 bits per heavy atom. The summed E-state index contributed by atoms with van der Waals surface area (Å²) in [5, 5.41) is 13.4. The largest absolute Gasteiger partial charge is 0.497 e. The van der Waals surface area contributed by atoms with Gasteiger partial charge in [-0.3, -0.25) is 0 Å². The van der Waals surface area contributed by atoms with Gasteiger partial charge in [0.1, 0.15) is 5.75 Å². The zero-order valence-corrected chi connectivity index (χ0v) is 11.5. The Balaban J connectivity index is 2.42. The molecular formula is C15H23NO2. The van der Waals surface area contributed by atoms with Crippen LogP contribution < -0.4 is 10.1 Å². The second-order valence-electron chi connectivity index (χ2n) is 5.42. The molecule has 1 unspecified atom stereocenters. The molecule has 0 heterocycles. The molecule has 100 valence electrons. The van der Waals surface area contributed by atoms with Crippen molar-refractivity contribution in [2.45, 2.75) is 44.7 Å². The third kappa shape index (κ3) is 2.38. The second kappa shape index (κ2) is 5.29. The zero-order valence-electron chi connectivity index (χ0n) is 11.5. The van der Waals surface area contributed by atoms with Crippen molar-refractivity contribution in [3.05, 3.63) is 29.3 Å². The van der Waals surface area contributed by atoms with Crippen molar-refractivity contribution in [2.75, 3.05) is 13.7 Å². The van der Waals surface area contributed by atoms with E-state index in [2.05, 4.69) is 31.3 Å². The predicted octanol–water partition coefficient (Wildman–Crippen LogP) is 2.22. The molecule has 3 heteroatoms. The summed E-state index contributed by atoms with van der Waals surface area (Å²) in [7, 11) is 1.69. The van der Waals surface area contributed by atoms with Gasteiger partial charge in [0.05, 0.1) is 19.3 Å². The Kier molecular flexibility index (Phi) is 3.93. The van der Waals surface area contributed by atoms with Gasteiger partial charge in [0.15, 0.2) is 0 Å². The fourth-order valence-corrected chi connectivity index (χ4v) is 3.00. The molecule has 0 amide bonds. The quantitative estimate of drug-likeness (QED) is 0.859. The van der Waals surface area contributed by atoms with Gasteiger partial charge in [0.25, 0.3) is 0 Å². The molecule has 1 aliphatic rings. The van der Waals surface area contributed by atoms with Crippen LogP contribution in [0.5, 0.6) is 5.75 Å². The van der Waals surface area contributed by atoms with Gasteiger partial charge in [-0.05, 0) is 56.4 Å². The third-order valence-corrected chi connectivity index (χ3v) is 3.71. The first kappa shape index (κ1) is 13.4. The number of methoxy groups -OCH3 is 1. The van der Waals surface area contributed by atoms with Crippen molar-refractivity contribution in [3.8, 4) is 5.75 Å². The zero-order chi connectivity index (χ0) is 13.2. The highest BCUT2D eigenvalue weighted by Gasteiger charge is 2.36. The lowest BCUT2D eigenvalue weighted by Gasteiger charge is -2.40. The van der Waals surface area contributed by atoms with E-state index in [-0.39, 0.29) is 12.1 Å². The Morgan fingerprint density at radius 1 is 1.44 bits per heavy atom. The van der Waals surface area contributed by atoms with Crippen LogP contribution in [0.25, 0.3) is 0 Å². The molecule has 1 aromatic carbocycles. The molecule has 3 nitrogen and oxygen atoms in total. The smallest absolute Gasteiger partial charge is 0.119 e. The summed E-state index contributed by atoms with van der Waals surface area (Å²) in [5.41, 5.74) is 2.24. The first-order chi connectivity index (χ1) is 8.61. The maximum atomic E-state index is 9.87. The molecule has 2 N–H and O–H groups in total. The lowest BCUT2D eigenvalue weighted by molar-refractivity contribution is 0.132. The molecule has 0 spiro atoms. The summed E-state index contributed by atoms with van der Waals surface area (Å²) >= 11 is 0. The number of benzene rings is 1. The van der Waals surface area contributed by atoms with Crippen molar-refractivity contribution >= 4 is 0 Å². The Labute approximate surface area is 109 Å². The minimum absolute atomic E-state index is 0.143. The van der Waals surface area contributed by atoms with Gasteiger partial charge in [0, 0.05) is 6.04 Å². The minimum atomic E-state index is -0.284. The molecule has 18 heavy (non-hydrogen) atoms. The highest BCUT2D eigenvalue weighted by Crippen LogP contribution is 2.37. The van der Waals surface area contributed by atoms with Crippen molar-refractivity contribution < 1.29 is 9.84 Å². The van der Waals surface area contributed by atoms with Crippen LogP contribution in [0.1, 0.15) is 37.8 Å². The summed E-state index contributed by atoms with van der Waals surface area (Å²) in [4.78, 5) is 0. The maximum Gasteiger partial charge on any atom is 0.119 e. The summed E-state index contributed by atoms with van der Waals surface area (Å²) in [6, 6.07) is 6.53. The molecule has 2 rings (SSSR count). The van der Waals surface area contributed by atoms with Crippen LogP contribution >= 0.6 is 0 Å². The van der Waals surface area contributed by atoms with E-state index < -0.39 is 0 Å². The van der Waals surface area contributed by atoms with E-state index in [1.807, 2.05) is 6.07 Å². The van der Waals surface area contributed by atoms with E-state index in [0.29, 0.717) is 6.04 Å². The lowest BCUT2D eigenvalue weighted by atomic mass is 9.76. The average molecular weight is 249 g/mol. The van der Waals surface area contributed by atoms with Crippen LogP contribution in [0, 0.1) is 0 Å². The number of nitrogens with one attached hydrogen (secondary N) is 1. The number of aliphatic hydroxyl groups is 1. The van der Waals surface area contributed by atoms with Crippen LogP contribution in [0.2, 0.25) is 0 Å². The number of ether oxygens (including phenoxy) is 1. The highest BCUT2D eigenvalue weighted by atomic mass is 16.5. The number of hydrogen-bond donors (Lipinski definition) is 2. The summed E-state index contributed by atoms with van der Waals surface area (Å²) in [6.07, 6.45) is 3.15. The Hall–Kier alpha value is -1.06. The van der Waals surface area contributed by atoms with Crippen molar-refractivity contribution in [1.29, 1.82) is 0 Å². The van der Waals surface area contributed by atoms with Gasteiger partial charge < -0.3 is 15.2 Å². The van der Waals surface area contributed by atoms with Crippen LogP contribution in [0.4, 0.5) is 0 Å². The van der Waals surface area contributed by atoms with E-state index in [9.17, 15) is 5.11 Å². The van der Waals surface area contributed by atoms with E-state index >= 15 is 0 Å². The lowest BCUT2D eigenvalue weighted by Crippen LogP contribution is -2.50. The number of aliphatic hydroxyl groups excluding tert-OH is 1. The molecule has 0 saturated heterocycles. The summed E-state index contributed by atoms with van der Waals surface area (Å²) in [6.45, 7) is 4.38. The normalized spacial score (nSPS) is 22.9. The van der Waals surface area contributed by atoms with Crippen LogP contribution in [-0.4, -0.2) is 24.9 Å². The molecule has 0 saturated carbocycles. The maximum absolute atomic E-state index is 9.87. The molecule has 0 aromatic heterocycles. The molecule has 1 aromatic rings. The molecule has 1 atom stereocenters. The van der Waals surface area contributed by atoms with E-state index in [4.69, 9.17) is 4.74 Å². The number of aryl methyl sites for hydroxylation is 1. The SMILES string of the molecule is COc1ccc2c(c1)CCCC2(CO)NC(C)C.